The zero-order valence-electron chi connectivity index (χ0n) is 20.0. The van der Waals surface area contributed by atoms with E-state index in [4.69, 9.17) is 4.74 Å². The summed E-state index contributed by atoms with van der Waals surface area (Å²) < 4.78 is 5.86. The predicted molar refractivity (Wildman–Crippen MR) is 127 cm³/mol. The molecule has 1 saturated carbocycles. The minimum atomic E-state index is -0.518. The Morgan fingerprint density at radius 2 is 1.94 bits per heavy atom. The van der Waals surface area contributed by atoms with Crippen molar-refractivity contribution in [2.24, 2.45) is 23.2 Å². The third-order valence-corrected chi connectivity index (χ3v) is 9.10. The van der Waals surface area contributed by atoms with Crippen molar-refractivity contribution in [3.05, 3.63) is 41.0 Å². The van der Waals surface area contributed by atoms with E-state index in [2.05, 4.69) is 61.8 Å². The van der Waals surface area contributed by atoms with Gasteiger partial charge in [0.15, 0.2) is 0 Å². The maximum Gasteiger partial charge on any atom is 0.311 e. The second-order valence-electron chi connectivity index (χ2n) is 10.9. The van der Waals surface area contributed by atoms with Crippen LogP contribution in [-0.2, 0) is 9.53 Å². The van der Waals surface area contributed by atoms with E-state index in [1.807, 2.05) is 0 Å². The van der Waals surface area contributed by atoms with Crippen LogP contribution in [0.3, 0.4) is 0 Å². The molecule has 4 aliphatic rings. The van der Waals surface area contributed by atoms with Gasteiger partial charge in [0.1, 0.15) is 6.10 Å². The molecule has 2 aliphatic carbocycles. The number of aryl methyl sites for hydroxylation is 2. The SMILES string of the molecule is Cc1ccc(C)c(N2CCN(C[C@@H]3C(=O)O[C@@H]4CC5=CCC[C@H](C)[C@@]5(C)[C@@H](O)[C@@H]34)CC2)c1. The number of ether oxygens (including phenoxy) is 1. The number of esters is 1. The number of nitrogens with zero attached hydrogens (tertiary/aromatic N) is 2. The quantitative estimate of drug-likeness (QED) is 0.576. The van der Waals surface area contributed by atoms with Crippen LogP contribution in [0.2, 0.25) is 0 Å². The summed E-state index contributed by atoms with van der Waals surface area (Å²) in [7, 11) is 0. The molecule has 0 unspecified atom stereocenters. The lowest BCUT2D eigenvalue weighted by molar-refractivity contribution is -0.145. The van der Waals surface area contributed by atoms with Crippen molar-refractivity contribution in [2.75, 3.05) is 37.6 Å². The fourth-order valence-corrected chi connectivity index (χ4v) is 6.78. The Balaban J connectivity index is 1.28. The van der Waals surface area contributed by atoms with Gasteiger partial charge in [0.05, 0.1) is 12.0 Å². The van der Waals surface area contributed by atoms with Gasteiger partial charge in [-0.15, -0.1) is 0 Å². The summed E-state index contributed by atoms with van der Waals surface area (Å²) in [5.74, 6) is -0.000529. The van der Waals surface area contributed by atoms with Crippen molar-refractivity contribution < 1.29 is 14.6 Å². The van der Waals surface area contributed by atoms with Gasteiger partial charge in [-0.05, 0) is 49.8 Å². The molecular weight excluding hydrogens is 400 g/mol. The highest BCUT2D eigenvalue weighted by atomic mass is 16.6. The summed E-state index contributed by atoms with van der Waals surface area (Å²) >= 11 is 0. The van der Waals surface area contributed by atoms with Gasteiger partial charge >= 0.3 is 5.97 Å². The fourth-order valence-electron chi connectivity index (χ4n) is 6.78. The molecule has 1 N–H and O–H groups in total. The van der Waals surface area contributed by atoms with Crippen molar-refractivity contribution in [3.8, 4) is 0 Å². The van der Waals surface area contributed by atoms with Gasteiger partial charge in [0.2, 0.25) is 0 Å². The van der Waals surface area contributed by atoms with E-state index in [1.54, 1.807) is 0 Å². The average molecular weight is 439 g/mol. The maximum atomic E-state index is 12.9. The van der Waals surface area contributed by atoms with Crippen LogP contribution in [0.25, 0.3) is 0 Å². The average Bonchev–Trinajstić information content (AvgIpc) is 3.08. The number of anilines is 1. The Labute approximate surface area is 192 Å². The molecule has 5 nitrogen and oxygen atoms in total. The zero-order valence-corrected chi connectivity index (χ0v) is 20.0. The molecule has 174 valence electrons. The summed E-state index contributed by atoms with van der Waals surface area (Å²) in [4.78, 5) is 17.8. The summed E-state index contributed by atoms with van der Waals surface area (Å²) in [6.07, 6.45) is 4.59. The van der Waals surface area contributed by atoms with Crippen LogP contribution in [0.15, 0.2) is 29.8 Å². The number of aliphatic hydroxyl groups is 1. The number of benzene rings is 1. The van der Waals surface area contributed by atoms with Gasteiger partial charge in [0.25, 0.3) is 0 Å². The van der Waals surface area contributed by atoms with E-state index in [0.29, 0.717) is 12.5 Å². The summed E-state index contributed by atoms with van der Waals surface area (Å²) in [6.45, 7) is 13.3. The first-order chi connectivity index (χ1) is 15.3. The molecule has 2 heterocycles. The Morgan fingerprint density at radius 1 is 1.19 bits per heavy atom. The van der Waals surface area contributed by atoms with Crippen LogP contribution < -0.4 is 4.90 Å². The molecule has 3 fully saturated rings. The van der Waals surface area contributed by atoms with Crippen LogP contribution in [0, 0.1) is 37.0 Å². The Hall–Kier alpha value is -1.85. The molecule has 1 aromatic rings. The number of aliphatic hydroxyl groups excluding tert-OH is 1. The second-order valence-corrected chi connectivity index (χ2v) is 10.9. The molecule has 32 heavy (non-hydrogen) atoms. The van der Waals surface area contributed by atoms with E-state index >= 15 is 0 Å². The molecule has 0 spiro atoms. The summed E-state index contributed by atoms with van der Waals surface area (Å²) in [5.41, 5.74) is 5.01. The van der Waals surface area contributed by atoms with Gasteiger partial charge in [0, 0.05) is 56.2 Å². The van der Waals surface area contributed by atoms with Crippen molar-refractivity contribution in [1.82, 2.24) is 4.90 Å². The van der Waals surface area contributed by atoms with Gasteiger partial charge in [-0.25, -0.2) is 0 Å². The highest BCUT2D eigenvalue weighted by Crippen LogP contribution is 2.56. The second kappa shape index (κ2) is 8.18. The van der Waals surface area contributed by atoms with Gasteiger partial charge < -0.3 is 14.7 Å². The van der Waals surface area contributed by atoms with E-state index in [0.717, 1.165) is 45.4 Å². The monoisotopic (exact) mass is 438 g/mol. The number of rotatable bonds is 3. The van der Waals surface area contributed by atoms with Crippen LogP contribution in [-0.4, -0.2) is 60.9 Å². The van der Waals surface area contributed by atoms with Gasteiger partial charge in [-0.2, -0.15) is 0 Å². The number of hydrogen-bond donors (Lipinski definition) is 1. The minimum Gasteiger partial charge on any atom is -0.461 e. The maximum absolute atomic E-state index is 12.9. The van der Waals surface area contributed by atoms with E-state index < -0.39 is 6.10 Å². The Morgan fingerprint density at radius 3 is 2.69 bits per heavy atom. The van der Waals surface area contributed by atoms with E-state index in [-0.39, 0.29) is 29.3 Å². The highest BCUT2D eigenvalue weighted by Gasteiger charge is 2.59. The first kappa shape index (κ1) is 22.0. The van der Waals surface area contributed by atoms with Crippen molar-refractivity contribution in [2.45, 2.75) is 59.2 Å². The molecule has 0 aromatic heterocycles. The molecule has 2 saturated heterocycles. The molecule has 6 atom stereocenters. The summed E-state index contributed by atoms with van der Waals surface area (Å²) in [6, 6.07) is 6.64. The van der Waals surface area contributed by atoms with Crippen molar-refractivity contribution in [1.29, 1.82) is 0 Å². The highest BCUT2D eigenvalue weighted by molar-refractivity contribution is 5.76. The first-order valence-corrected chi connectivity index (χ1v) is 12.4. The van der Waals surface area contributed by atoms with Crippen molar-refractivity contribution in [3.63, 3.8) is 0 Å². The Kier molecular flexibility index (Phi) is 5.61. The van der Waals surface area contributed by atoms with Gasteiger partial charge in [-0.1, -0.05) is 37.6 Å². The molecule has 0 amide bonds. The number of allylic oxidation sites excluding steroid dienone is 1. The zero-order chi connectivity index (χ0) is 22.6. The number of hydrogen-bond acceptors (Lipinski definition) is 5. The smallest absolute Gasteiger partial charge is 0.311 e. The number of carbonyl (C=O) groups is 1. The molecule has 0 bridgehead atoms. The van der Waals surface area contributed by atoms with Gasteiger partial charge in [-0.3, -0.25) is 9.69 Å². The number of carbonyl (C=O) groups excluding carboxylic acids is 1. The first-order valence-electron chi connectivity index (χ1n) is 12.4. The number of fused-ring (bicyclic) bond motifs is 2. The third-order valence-electron chi connectivity index (χ3n) is 9.10. The number of piperazine rings is 1. The molecule has 2 aliphatic heterocycles. The molecule has 5 heteroatoms. The lowest BCUT2D eigenvalue weighted by Gasteiger charge is -2.52. The minimum absolute atomic E-state index is 0.0951. The standard InChI is InChI=1S/C27H38N2O3/c1-17-8-9-18(2)22(14-17)29-12-10-28(11-13-29)16-21-24-23(32-26(21)31)15-20-7-5-6-19(3)27(20,4)25(24)30/h7-9,14,19,21,23-25,30H,5-6,10-13,15-16H2,1-4H3/t19-,21-,23+,24-,25-,27+/m0/s1. The van der Waals surface area contributed by atoms with E-state index in [1.165, 1.54) is 22.4 Å². The van der Waals surface area contributed by atoms with Crippen LogP contribution in [0.4, 0.5) is 5.69 Å². The molecule has 1 aromatic carbocycles. The van der Waals surface area contributed by atoms with Crippen molar-refractivity contribution >= 4 is 11.7 Å². The third kappa shape index (κ3) is 3.49. The lowest BCUT2D eigenvalue weighted by Crippen LogP contribution is -2.55. The molecule has 0 radical (unpaired) electrons. The summed E-state index contributed by atoms with van der Waals surface area (Å²) in [5, 5.41) is 11.6. The largest absolute Gasteiger partial charge is 0.461 e. The normalized spacial score (nSPS) is 37.5. The predicted octanol–water partition coefficient (Wildman–Crippen LogP) is 3.71. The fraction of sp³-hybridized carbons (Fsp3) is 0.667. The Bertz CT molecular complexity index is 919. The molecular formula is C27H38N2O3. The lowest BCUT2D eigenvalue weighted by atomic mass is 9.55. The topological polar surface area (TPSA) is 53.0 Å². The van der Waals surface area contributed by atoms with Crippen LogP contribution in [0.5, 0.6) is 0 Å². The van der Waals surface area contributed by atoms with Crippen LogP contribution >= 0.6 is 0 Å². The molecule has 5 rings (SSSR count). The van der Waals surface area contributed by atoms with Crippen LogP contribution in [0.1, 0.15) is 44.2 Å². The van der Waals surface area contributed by atoms with E-state index in [9.17, 15) is 9.90 Å².